The second-order valence-corrected chi connectivity index (χ2v) is 6.76. The zero-order valence-corrected chi connectivity index (χ0v) is 14.8. The Morgan fingerprint density at radius 3 is 2.38 bits per heavy atom. The highest BCUT2D eigenvalue weighted by Gasteiger charge is 2.42. The SMILES string of the molecule is CNC(=O)c1ccc(CNC(=O)C2(c3cccc(F)c3)CCCC2)cc1. The van der Waals surface area contributed by atoms with Crippen LogP contribution in [0.15, 0.2) is 48.5 Å². The maximum absolute atomic E-state index is 13.7. The smallest absolute Gasteiger partial charge is 0.251 e. The minimum absolute atomic E-state index is 0.0593. The van der Waals surface area contributed by atoms with E-state index in [-0.39, 0.29) is 17.6 Å². The third-order valence-electron chi connectivity index (χ3n) is 5.17. The Morgan fingerprint density at radius 1 is 1.08 bits per heavy atom. The molecule has 0 radical (unpaired) electrons. The molecule has 2 amide bonds. The molecule has 0 bridgehead atoms. The molecule has 5 heteroatoms. The number of hydrogen-bond acceptors (Lipinski definition) is 2. The molecule has 0 spiro atoms. The number of halogens is 1. The molecular weight excluding hydrogens is 331 g/mol. The first kappa shape index (κ1) is 18.1. The van der Waals surface area contributed by atoms with Crippen LogP contribution in [0.2, 0.25) is 0 Å². The Morgan fingerprint density at radius 2 is 1.77 bits per heavy atom. The van der Waals surface area contributed by atoms with E-state index in [1.807, 2.05) is 18.2 Å². The first-order chi connectivity index (χ1) is 12.5. The van der Waals surface area contributed by atoms with Crippen molar-refractivity contribution in [2.45, 2.75) is 37.6 Å². The highest BCUT2D eigenvalue weighted by atomic mass is 19.1. The highest BCUT2D eigenvalue weighted by Crippen LogP contribution is 2.41. The van der Waals surface area contributed by atoms with E-state index in [9.17, 15) is 14.0 Å². The van der Waals surface area contributed by atoms with Crippen molar-refractivity contribution in [1.82, 2.24) is 10.6 Å². The fraction of sp³-hybridized carbons (Fsp3) is 0.333. The number of carbonyl (C=O) groups excluding carboxylic acids is 2. The minimum atomic E-state index is -0.649. The Bertz CT molecular complexity index is 796. The average molecular weight is 354 g/mol. The lowest BCUT2D eigenvalue weighted by Gasteiger charge is -2.28. The summed E-state index contributed by atoms with van der Waals surface area (Å²) in [4.78, 5) is 24.6. The van der Waals surface area contributed by atoms with Crippen molar-refractivity contribution in [1.29, 1.82) is 0 Å². The molecule has 26 heavy (non-hydrogen) atoms. The summed E-state index contributed by atoms with van der Waals surface area (Å²) in [7, 11) is 1.59. The molecule has 0 heterocycles. The van der Waals surface area contributed by atoms with Gasteiger partial charge in [0.05, 0.1) is 5.41 Å². The quantitative estimate of drug-likeness (QED) is 0.865. The van der Waals surface area contributed by atoms with Gasteiger partial charge in [-0.1, -0.05) is 37.1 Å². The Kier molecular flexibility index (Phi) is 5.35. The van der Waals surface area contributed by atoms with Gasteiger partial charge < -0.3 is 10.6 Å². The van der Waals surface area contributed by atoms with Crippen LogP contribution in [0.4, 0.5) is 4.39 Å². The number of rotatable bonds is 5. The van der Waals surface area contributed by atoms with E-state index in [0.717, 1.165) is 36.8 Å². The lowest BCUT2D eigenvalue weighted by atomic mass is 9.78. The van der Waals surface area contributed by atoms with Gasteiger partial charge in [-0.25, -0.2) is 4.39 Å². The minimum Gasteiger partial charge on any atom is -0.355 e. The van der Waals surface area contributed by atoms with Crippen LogP contribution in [0, 0.1) is 5.82 Å². The fourth-order valence-corrected chi connectivity index (χ4v) is 3.68. The zero-order valence-electron chi connectivity index (χ0n) is 14.8. The van der Waals surface area contributed by atoms with Crippen molar-refractivity contribution in [3.8, 4) is 0 Å². The number of nitrogens with one attached hydrogen (secondary N) is 2. The molecule has 0 saturated heterocycles. The third-order valence-corrected chi connectivity index (χ3v) is 5.17. The maximum Gasteiger partial charge on any atom is 0.251 e. The summed E-state index contributed by atoms with van der Waals surface area (Å²) in [5.41, 5.74) is 1.60. The van der Waals surface area contributed by atoms with Crippen molar-refractivity contribution >= 4 is 11.8 Å². The molecule has 1 fully saturated rings. The zero-order chi connectivity index (χ0) is 18.6. The van der Waals surface area contributed by atoms with Crippen LogP contribution >= 0.6 is 0 Å². The van der Waals surface area contributed by atoms with Gasteiger partial charge in [0.1, 0.15) is 5.82 Å². The molecule has 0 aliphatic heterocycles. The number of benzene rings is 2. The van der Waals surface area contributed by atoms with E-state index in [1.165, 1.54) is 12.1 Å². The molecule has 4 nitrogen and oxygen atoms in total. The monoisotopic (exact) mass is 354 g/mol. The molecular formula is C21H23FN2O2. The van der Waals surface area contributed by atoms with Crippen molar-refractivity contribution in [3.05, 3.63) is 71.0 Å². The van der Waals surface area contributed by atoms with Gasteiger partial charge in [-0.15, -0.1) is 0 Å². The molecule has 1 aliphatic rings. The predicted octanol–water partition coefficient (Wildman–Crippen LogP) is 3.31. The molecule has 0 unspecified atom stereocenters. The van der Waals surface area contributed by atoms with Crippen LogP contribution in [-0.4, -0.2) is 18.9 Å². The highest BCUT2D eigenvalue weighted by molar-refractivity contribution is 5.94. The lowest BCUT2D eigenvalue weighted by Crippen LogP contribution is -2.42. The molecule has 2 aromatic carbocycles. The van der Waals surface area contributed by atoms with Crippen LogP contribution in [0.25, 0.3) is 0 Å². The van der Waals surface area contributed by atoms with E-state index in [2.05, 4.69) is 10.6 Å². The standard InChI is InChI=1S/C21H23FN2O2/c1-23-19(25)16-9-7-15(8-10-16)14-24-20(26)21(11-2-3-12-21)17-5-4-6-18(22)13-17/h4-10,13H,2-3,11-12,14H2,1H3,(H,23,25)(H,24,26). The number of amides is 2. The van der Waals surface area contributed by atoms with Gasteiger partial charge in [-0.05, 0) is 48.2 Å². The summed E-state index contributed by atoms with van der Waals surface area (Å²) in [5, 5.41) is 5.58. The molecule has 3 rings (SSSR count). The maximum atomic E-state index is 13.7. The normalized spacial score (nSPS) is 15.5. The molecule has 1 saturated carbocycles. The van der Waals surface area contributed by atoms with Gasteiger partial charge in [0.2, 0.25) is 5.91 Å². The second-order valence-electron chi connectivity index (χ2n) is 6.76. The van der Waals surface area contributed by atoms with Gasteiger partial charge in [-0.2, -0.15) is 0 Å². The van der Waals surface area contributed by atoms with Crippen molar-refractivity contribution in [2.24, 2.45) is 0 Å². The topological polar surface area (TPSA) is 58.2 Å². The van der Waals surface area contributed by atoms with Crippen LogP contribution in [0.3, 0.4) is 0 Å². The summed E-state index contributed by atoms with van der Waals surface area (Å²) in [6.45, 7) is 0.379. The first-order valence-corrected chi connectivity index (χ1v) is 8.90. The summed E-state index contributed by atoms with van der Waals surface area (Å²) < 4.78 is 13.7. The van der Waals surface area contributed by atoms with Gasteiger partial charge in [0.25, 0.3) is 5.91 Å². The molecule has 136 valence electrons. The van der Waals surface area contributed by atoms with Crippen molar-refractivity contribution in [3.63, 3.8) is 0 Å². The number of hydrogen-bond donors (Lipinski definition) is 2. The molecule has 2 aromatic rings. The van der Waals surface area contributed by atoms with Crippen molar-refractivity contribution in [2.75, 3.05) is 7.05 Å². The largest absolute Gasteiger partial charge is 0.355 e. The van der Waals surface area contributed by atoms with Crippen molar-refractivity contribution < 1.29 is 14.0 Å². The van der Waals surface area contributed by atoms with Crippen LogP contribution in [0.5, 0.6) is 0 Å². The average Bonchev–Trinajstić information content (AvgIpc) is 3.17. The summed E-state index contributed by atoms with van der Waals surface area (Å²) in [5.74, 6) is -0.515. The summed E-state index contributed by atoms with van der Waals surface area (Å²) in [6, 6.07) is 13.5. The number of carbonyl (C=O) groups is 2. The molecule has 1 aliphatic carbocycles. The van der Waals surface area contributed by atoms with E-state index in [0.29, 0.717) is 12.1 Å². The Hall–Kier alpha value is -2.69. The lowest BCUT2D eigenvalue weighted by molar-refractivity contribution is -0.126. The van der Waals surface area contributed by atoms with Gasteiger partial charge in [-0.3, -0.25) is 9.59 Å². The van der Waals surface area contributed by atoms with E-state index in [4.69, 9.17) is 0 Å². The fourth-order valence-electron chi connectivity index (χ4n) is 3.68. The molecule has 0 aromatic heterocycles. The predicted molar refractivity (Wildman–Crippen MR) is 98.2 cm³/mol. The van der Waals surface area contributed by atoms with Crippen LogP contribution < -0.4 is 10.6 Å². The first-order valence-electron chi connectivity index (χ1n) is 8.90. The van der Waals surface area contributed by atoms with Gasteiger partial charge >= 0.3 is 0 Å². The van der Waals surface area contributed by atoms with E-state index in [1.54, 1.807) is 25.2 Å². The second kappa shape index (κ2) is 7.68. The van der Waals surface area contributed by atoms with E-state index >= 15 is 0 Å². The Labute approximate surface area is 152 Å². The van der Waals surface area contributed by atoms with Gasteiger partial charge in [0.15, 0.2) is 0 Å². The summed E-state index contributed by atoms with van der Waals surface area (Å²) >= 11 is 0. The van der Waals surface area contributed by atoms with Crippen LogP contribution in [0.1, 0.15) is 47.2 Å². The van der Waals surface area contributed by atoms with E-state index < -0.39 is 5.41 Å². The Balaban J connectivity index is 1.72. The van der Waals surface area contributed by atoms with Gasteiger partial charge in [0, 0.05) is 19.2 Å². The third kappa shape index (κ3) is 3.62. The summed E-state index contributed by atoms with van der Waals surface area (Å²) in [6.07, 6.45) is 3.39. The molecule has 0 atom stereocenters. The van der Waals surface area contributed by atoms with Crippen LogP contribution in [-0.2, 0) is 16.8 Å². The molecule has 2 N–H and O–H groups in total.